The minimum atomic E-state index is 0.614. The van der Waals surface area contributed by atoms with Gasteiger partial charge in [0, 0.05) is 24.6 Å². The molecule has 0 bridgehead atoms. The summed E-state index contributed by atoms with van der Waals surface area (Å²) in [5.74, 6) is 1.52. The molecule has 0 saturated heterocycles. The summed E-state index contributed by atoms with van der Waals surface area (Å²) in [5.41, 5.74) is 2.34. The number of nitrogens with one attached hydrogen (secondary N) is 1. The molecule has 0 amide bonds. The summed E-state index contributed by atoms with van der Waals surface area (Å²) >= 11 is 0. The molecular formula is C14H19N3. The van der Waals surface area contributed by atoms with Crippen LogP contribution in [0.4, 0.5) is 11.6 Å². The molecule has 0 atom stereocenters. The van der Waals surface area contributed by atoms with Crippen molar-refractivity contribution in [1.82, 2.24) is 9.55 Å². The first-order valence-electron chi connectivity index (χ1n) is 6.00. The molecule has 90 valence electrons. The highest BCUT2D eigenvalue weighted by Crippen LogP contribution is 2.16. The molecule has 1 heterocycles. The fraction of sp³-hybridized carbons (Fsp3) is 0.357. The zero-order chi connectivity index (χ0) is 12.3. The lowest BCUT2D eigenvalue weighted by Gasteiger charge is -2.11. The molecule has 17 heavy (non-hydrogen) atoms. The van der Waals surface area contributed by atoms with Crippen LogP contribution >= 0.6 is 0 Å². The second-order valence-electron chi connectivity index (χ2n) is 4.79. The molecule has 2 aromatic rings. The van der Waals surface area contributed by atoms with Gasteiger partial charge in [-0.3, -0.25) is 0 Å². The number of hydrogen-bond acceptors (Lipinski definition) is 2. The van der Waals surface area contributed by atoms with Crippen molar-refractivity contribution in [2.45, 2.75) is 27.3 Å². The summed E-state index contributed by atoms with van der Waals surface area (Å²) in [4.78, 5) is 4.34. The Morgan fingerprint density at radius 1 is 1.24 bits per heavy atom. The molecule has 2 rings (SSSR count). The van der Waals surface area contributed by atoms with E-state index < -0.39 is 0 Å². The Hall–Kier alpha value is -1.77. The predicted octanol–water partition coefficient (Wildman–Crippen LogP) is 3.59. The van der Waals surface area contributed by atoms with Crippen LogP contribution in [0.25, 0.3) is 0 Å². The van der Waals surface area contributed by atoms with Crippen molar-refractivity contribution in [1.29, 1.82) is 0 Å². The van der Waals surface area contributed by atoms with Gasteiger partial charge in [-0.1, -0.05) is 31.5 Å². The van der Waals surface area contributed by atoms with Gasteiger partial charge in [-0.15, -0.1) is 0 Å². The summed E-state index contributed by atoms with van der Waals surface area (Å²) in [7, 11) is 0. The highest BCUT2D eigenvalue weighted by molar-refractivity contribution is 5.53. The van der Waals surface area contributed by atoms with Crippen LogP contribution in [0, 0.1) is 12.8 Å². The van der Waals surface area contributed by atoms with Gasteiger partial charge in [0.15, 0.2) is 0 Å². The summed E-state index contributed by atoms with van der Waals surface area (Å²) in [6.45, 7) is 7.48. The second kappa shape index (κ2) is 5.04. The molecule has 1 aromatic heterocycles. The van der Waals surface area contributed by atoms with Gasteiger partial charge in [-0.05, 0) is 25.0 Å². The monoisotopic (exact) mass is 229 g/mol. The number of anilines is 2. The summed E-state index contributed by atoms with van der Waals surface area (Å²) < 4.78 is 2.14. The molecule has 0 saturated carbocycles. The first-order valence-corrected chi connectivity index (χ1v) is 6.00. The van der Waals surface area contributed by atoms with E-state index in [-0.39, 0.29) is 0 Å². The maximum Gasteiger partial charge on any atom is 0.207 e. The SMILES string of the molecule is Cc1ccc(Nc2nccn2CC(C)C)cc1. The largest absolute Gasteiger partial charge is 0.326 e. The van der Waals surface area contributed by atoms with E-state index in [9.17, 15) is 0 Å². The Labute approximate surface area is 103 Å². The number of aryl methyl sites for hydroxylation is 1. The molecule has 0 aliphatic rings. The number of imidazole rings is 1. The average molecular weight is 229 g/mol. The van der Waals surface area contributed by atoms with Crippen molar-refractivity contribution in [3.63, 3.8) is 0 Å². The van der Waals surface area contributed by atoms with Gasteiger partial charge in [0.1, 0.15) is 0 Å². The Bertz CT molecular complexity index is 468. The fourth-order valence-electron chi connectivity index (χ4n) is 1.74. The predicted molar refractivity (Wildman–Crippen MR) is 71.5 cm³/mol. The lowest BCUT2D eigenvalue weighted by Crippen LogP contribution is -2.07. The van der Waals surface area contributed by atoms with Crippen molar-refractivity contribution >= 4 is 11.6 Å². The molecule has 3 heteroatoms. The van der Waals surface area contributed by atoms with E-state index in [1.54, 1.807) is 0 Å². The van der Waals surface area contributed by atoms with Crippen LogP contribution in [0.1, 0.15) is 19.4 Å². The van der Waals surface area contributed by atoms with Gasteiger partial charge in [-0.25, -0.2) is 4.98 Å². The number of benzene rings is 1. The maximum atomic E-state index is 4.34. The maximum absolute atomic E-state index is 4.34. The van der Waals surface area contributed by atoms with Gasteiger partial charge >= 0.3 is 0 Å². The normalized spacial score (nSPS) is 10.8. The zero-order valence-corrected chi connectivity index (χ0v) is 10.6. The molecule has 0 radical (unpaired) electrons. The van der Waals surface area contributed by atoms with E-state index in [0.29, 0.717) is 5.92 Å². The first-order chi connectivity index (χ1) is 8.15. The zero-order valence-electron chi connectivity index (χ0n) is 10.6. The summed E-state index contributed by atoms with van der Waals surface area (Å²) in [5, 5.41) is 3.34. The van der Waals surface area contributed by atoms with Crippen molar-refractivity contribution in [2.24, 2.45) is 5.92 Å². The Morgan fingerprint density at radius 2 is 1.94 bits per heavy atom. The van der Waals surface area contributed by atoms with E-state index >= 15 is 0 Å². The number of nitrogens with zero attached hydrogens (tertiary/aromatic N) is 2. The molecule has 0 fully saturated rings. The van der Waals surface area contributed by atoms with Gasteiger partial charge in [0.2, 0.25) is 5.95 Å². The van der Waals surface area contributed by atoms with Crippen LogP contribution in [0.3, 0.4) is 0 Å². The Kier molecular flexibility index (Phi) is 3.47. The van der Waals surface area contributed by atoms with Crippen molar-refractivity contribution < 1.29 is 0 Å². The van der Waals surface area contributed by atoms with Crippen molar-refractivity contribution in [3.05, 3.63) is 42.2 Å². The van der Waals surface area contributed by atoms with E-state index in [2.05, 4.69) is 59.9 Å². The summed E-state index contributed by atoms with van der Waals surface area (Å²) in [6.07, 6.45) is 3.84. The quantitative estimate of drug-likeness (QED) is 0.868. The third-order valence-corrected chi connectivity index (χ3v) is 2.59. The minimum absolute atomic E-state index is 0.614. The standard InChI is InChI=1S/C14H19N3/c1-11(2)10-17-9-8-15-14(17)16-13-6-4-12(3)5-7-13/h4-9,11H,10H2,1-3H3,(H,15,16). The molecule has 0 aliphatic heterocycles. The Morgan fingerprint density at radius 3 is 2.59 bits per heavy atom. The molecule has 1 aromatic carbocycles. The third-order valence-electron chi connectivity index (χ3n) is 2.59. The molecule has 0 spiro atoms. The van der Waals surface area contributed by atoms with Gasteiger partial charge in [0.25, 0.3) is 0 Å². The van der Waals surface area contributed by atoms with E-state index in [1.165, 1.54) is 5.56 Å². The molecule has 1 N–H and O–H groups in total. The van der Waals surface area contributed by atoms with Crippen molar-refractivity contribution in [3.8, 4) is 0 Å². The van der Waals surface area contributed by atoms with Gasteiger partial charge in [0.05, 0.1) is 0 Å². The minimum Gasteiger partial charge on any atom is -0.326 e. The lowest BCUT2D eigenvalue weighted by molar-refractivity contribution is 0.527. The average Bonchev–Trinajstić information content (AvgIpc) is 2.68. The van der Waals surface area contributed by atoms with E-state index in [4.69, 9.17) is 0 Å². The summed E-state index contributed by atoms with van der Waals surface area (Å²) in [6, 6.07) is 8.34. The molecule has 3 nitrogen and oxygen atoms in total. The van der Waals surface area contributed by atoms with Crippen LogP contribution in [0.5, 0.6) is 0 Å². The van der Waals surface area contributed by atoms with Gasteiger partial charge in [-0.2, -0.15) is 0 Å². The third kappa shape index (κ3) is 3.09. The van der Waals surface area contributed by atoms with Crippen LogP contribution in [-0.2, 0) is 6.54 Å². The molecule has 0 aliphatic carbocycles. The van der Waals surface area contributed by atoms with Crippen LogP contribution in [0.15, 0.2) is 36.7 Å². The highest BCUT2D eigenvalue weighted by Gasteiger charge is 2.04. The van der Waals surface area contributed by atoms with Crippen LogP contribution in [-0.4, -0.2) is 9.55 Å². The number of hydrogen-bond donors (Lipinski definition) is 1. The number of aromatic nitrogens is 2. The smallest absolute Gasteiger partial charge is 0.207 e. The Balaban J connectivity index is 2.13. The first kappa shape index (κ1) is 11.7. The molecular weight excluding hydrogens is 210 g/mol. The van der Waals surface area contributed by atoms with Gasteiger partial charge < -0.3 is 9.88 Å². The highest BCUT2D eigenvalue weighted by atomic mass is 15.2. The van der Waals surface area contributed by atoms with E-state index in [1.807, 2.05) is 12.4 Å². The lowest BCUT2D eigenvalue weighted by atomic mass is 10.2. The number of rotatable bonds is 4. The fourth-order valence-corrected chi connectivity index (χ4v) is 1.74. The topological polar surface area (TPSA) is 29.9 Å². The van der Waals surface area contributed by atoms with Crippen LogP contribution in [0.2, 0.25) is 0 Å². The second-order valence-corrected chi connectivity index (χ2v) is 4.79. The van der Waals surface area contributed by atoms with Crippen molar-refractivity contribution in [2.75, 3.05) is 5.32 Å². The van der Waals surface area contributed by atoms with E-state index in [0.717, 1.165) is 18.2 Å². The van der Waals surface area contributed by atoms with Crippen LogP contribution < -0.4 is 5.32 Å². The molecule has 0 unspecified atom stereocenters.